The van der Waals surface area contributed by atoms with Crippen molar-refractivity contribution in [2.45, 2.75) is 17.6 Å². The first-order chi connectivity index (χ1) is 13.6. The smallest absolute Gasteiger partial charge is 0.416 e. The quantitative estimate of drug-likeness (QED) is 0.695. The molecular formula is C18H15F3N2O5S. The van der Waals surface area contributed by atoms with E-state index in [9.17, 15) is 26.4 Å². The first kappa shape index (κ1) is 20.6. The molecule has 0 atom stereocenters. The number of halogens is 3. The topological polar surface area (TPSA) is 85.3 Å². The van der Waals surface area contributed by atoms with Gasteiger partial charge in [-0.1, -0.05) is 0 Å². The highest BCUT2D eigenvalue weighted by atomic mass is 32.2. The number of ether oxygens (including phenoxy) is 2. The van der Waals surface area contributed by atoms with Crippen molar-refractivity contribution in [2.75, 3.05) is 19.1 Å². The molecule has 0 unspecified atom stereocenters. The summed E-state index contributed by atoms with van der Waals surface area (Å²) < 4.78 is 77.1. The molecule has 0 aromatic heterocycles. The zero-order valence-corrected chi connectivity index (χ0v) is 16.0. The molecule has 11 heteroatoms. The number of rotatable bonds is 4. The number of anilines is 1. The fourth-order valence-electron chi connectivity index (χ4n) is 2.83. The average Bonchev–Trinajstić information content (AvgIpc) is 2.68. The van der Waals surface area contributed by atoms with Gasteiger partial charge in [-0.2, -0.15) is 21.6 Å². The van der Waals surface area contributed by atoms with Crippen molar-refractivity contribution in [2.24, 2.45) is 4.40 Å². The Morgan fingerprint density at radius 1 is 1.14 bits per heavy atom. The maximum absolute atomic E-state index is 13.1. The zero-order valence-electron chi connectivity index (χ0n) is 15.2. The number of alkyl halides is 3. The van der Waals surface area contributed by atoms with E-state index in [1.165, 1.54) is 37.3 Å². The summed E-state index contributed by atoms with van der Waals surface area (Å²) in [6.45, 7) is -0.0959. The number of esters is 1. The summed E-state index contributed by atoms with van der Waals surface area (Å²) in [6, 6.07) is 6.74. The molecule has 0 amide bonds. The van der Waals surface area contributed by atoms with Crippen LogP contribution in [0.1, 0.15) is 21.5 Å². The monoisotopic (exact) mass is 428 g/mol. The van der Waals surface area contributed by atoms with E-state index < -0.39 is 27.7 Å². The molecule has 0 N–H and O–H groups in total. The number of hydrogen-bond acceptors (Lipinski definition) is 6. The second-order valence-electron chi connectivity index (χ2n) is 6.02. The molecule has 3 rings (SSSR count). The third-order valence-corrected chi connectivity index (χ3v) is 5.51. The summed E-state index contributed by atoms with van der Waals surface area (Å²) in [5.41, 5.74) is -0.555. The van der Waals surface area contributed by atoms with E-state index in [1.807, 2.05) is 0 Å². The van der Waals surface area contributed by atoms with Gasteiger partial charge in [0.05, 0.1) is 37.6 Å². The minimum Gasteiger partial charge on any atom is -0.496 e. The second kappa shape index (κ2) is 7.39. The predicted molar refractivity (Wildman–Crippen MR) is 97.6 cm³/mol. The summed E-state index contributed by atoms with van der Waals surface area (Å²) in [4.78, 5) is 12.7. The molecule has 0 fully saturated rings. The minimum absolute atomic E-state index is 0.0959. The highest BCUT2D eigenvalue weighted by Gasteiger charge is 2.34. The fraction of sp³-hybridized carbons (Fsp3) is 0.222. The number of fused-ring (bicyclic) bond motifs is 1. The third kappa shape index (κ3) is 4.04. The van der Waals surface area contributed by atoms with E-state index in [2.05, 4.69) is 9.13 Å². The summed E-state index contributed by atoms with van der Waals surface area (Å²) >= 11 is 0. The Bertz CT molecular complexity index is 1100. The average molecular weight is 428 g/mol. The van der Waals surface area contributed by atoms with Gasteiger partial charge in [0.2, 0.25) is 0 Å². The van der Waals surface area contributed by atoms with Crippen molar-refractivity contribution in [3.63, 3.8) is 0 Å². The summed E-state index contributed by atoms with van der Waals surface area (Å²) in [5.74, 6) is -0.253. The molecule has 7 nitrogen and oxygen atoms in total. The van der Waals surface area contributed by atoms with Crippen molar-refractivity contribution < 1.29 is 35.9 Å². The zero-order chi connectivity index (χ0) is 21.4. The minimum atomic E-state index is -4.65. The van der Waals surface area contributed by atoms with Crippen molar-refractivity contribution in [1.29, 1.82) is 0 Å². The van der Waals surface area contributed by atoms with Crippen LogP contribution in [0.4, 0.5) is 18.9 Å². The Morgan fingerprint density at radius 2 is 1.86 bits per heavy atom. The molecule has 0 radical (unpaired) electrons. The van der Waals surface area contributed by atoms with E-state index in [1.54, 1.807) is 0 Å². The highest BCUT2D eigenvalue weighted by molar-refractivity contribution is 7.90. The lowest BCUT2D eigenvalue weighted by molar-refractivity contribution is -0.137. The Hall–Kier alpha value is -3.08. The van der Waals surface area contributed by atoms with Crippen LogP contribution in [0.2, 0.25) is 0 Å². The van der Waals surface area contributed by atoms with Crippen LogP contribution >= 0.6 is 0 Å². The van der Waals surface area contributed by atoms with Gasteiger partial charge >= 0.3 is 12.1 Å². The Labute approximate surface area is 164 Å². The van der Waals surface area contributed by atoms with Crippen molar-refractivity contribution in [3.8, 4) is 5.75 Å². The van der Waals surface area contributed by atoms with Gasteiger partial charge in [0.15, 0.2) is 0 Å². The van der Waals surface area contributed by atoms with E-state index in [0.717, 1.165) is 18.5 Å². The van der Waals surface area contributed by atoms with Gasteiger partial charge in [-0.15, -0.1) is 4.40 Å². The largest absolute Gasteiger partial charge is 0.496 e. The first-order valence-corrected chi connectivity index (χ1v) is 9.54. The molecule has 0 bridgehead atoms. The van der Waals surface area contributed by atoms with Crippen molar-refractivity contribution in [3.05, 3.63) is 53.1 Å². The van der Waals surface area contributed by atoms with Gasteiger partial charge in [-0.3, -0.25) is 0 Å². The van der Waals surface area contributed by atoms with Crippen LogP contribution in [0.5, 0.6) is 5.75 Å². The Balaban J connectivity index is 2.09. The molecule has 154 valence electrons. The third-order valence-electron chi connectivity index (χ3n) is 4.24. The predicted octanol–water partition coefficient (Wildman–Crippen LogP) is 3.24. The van der Waals surface area contributed by atoms with Crippen LogP contribution in [0.25, 0.3) is 0 Å². The van der Waals surface area contributed by atoms with Gasteiger partial charge in [0, 0.05) is 5.56 Å². The molecule has 1 aliphatic heterocycles. The van der Waals surface area contributed by atoms with Gasteiger partial charge in [-0.05, 0) is 36.4 Å². The number of methoxy groups -OCH3 is 2. The van der Waals surface area contributed by atoms with Gasteiger partial charge < -0.3 is 14.4 Å². The van der Waals surface area contributed by atoms with Crippen molar-refractivity contribution in [1.82, 2.24) is 0 Å². The van der Waals surface area contributed by atoms with Crippen LogP contribution in [-0.2, 0) is 27.5 Å². The van der Waals surface area contributed by atoms with E-state index >= 15 is 0 Å². The normalized spacial score (nSPS) is 15.0. The summed E-state index contributed by atoms with van der Waals surface area (Å²) in [7, 11) is -1.51. The van der Waals surface area contributed by atoms with Gasteiger partial charge in [-0.25, -0.2) is 4.79 Å². The Morgan fingerprint density at radius 3 is 2.48 bits per heavy atom. The molecule has 1 heterocycles. The lowest BCUT2D eigenvalue weighted by atomic mass is 10.1. The number of hydrogen-bond donors (Lipinski definition) is 0. The van der Waals surface area contributed by atoms with Crippen LogP contribution < -0.4 is 9.64 Å². The lowest BCUT2D eigenvalue weighted by Crippen LogP contribution is -2.27. The molecular weight excluding hydrogens is 413 g/mol. The molecule has 2 aromatic rings. The maximum Gasteiger partial charge on any atom is 0.416 e. The van der Waals surface area contributed by atoms with E-state index in [-0.39, 0.29) is 22.7 Å². The van der Waals surface area contributed by atoms with Crippen LogP contribution in [-0.4, -0.2) is 34.9 Å². The number of carbonyl (C=O) groups is 1. The molecule has 0 saturated carbocycles. The number of sulfonamides is 1. The number of nitrogens with zero attached hydrogens (tertiary/aromatic N) is 2. The standard InChI is InChI=1S/C18H15F3N2O5S/c1-27-15-5-3-11(17(24)28-2)7-12(15)9-23-10-22-29(25,26)16-6-4-13(8-14(16)23)18(19,20)21/h3-8,10H,9H2,1-2H3. The molecule has 0 aliphatic carbocycles. The molecule has 29 heavy (non-hydrogen) atoms. The van der Waals surface area contributed by atoms with E-state index in [0.29, 0.717) is 17.4 Å². The highest BCUT2D eigenvalue weighted by Crippen LogP contribution is 2.38. The molecule has 2 aromatic carbocycles. The number of carbonyl (C=O) groups excluding carboxylic acids is 1. The Kier molecular flexibility index (Phi) is 5.26. The van der Waals surface area contributed by atoms with E-state index in [4.69, 9.17) is 4.74 Å². The summed E-state index contributed by atoms with van der Waals surface area (Å²) in [6.07, 6.45) is -3.72. The molecule has 0 saturated heterocycles. The van der Waals surface area contributed by atoms with Crippen molar-refractivity contribution >= 4 is 28.0 Å². The van der Waals surface area contributed by atoms with Crippen LogP contribution in [0.3, 0.4) is 0 Å². The first-order valence-electron chi connectivity index (χ1n) is 8.10. The maximum atomic E-state index is 13.1. The fourth-order valence-corrected chi connectivity index (χ4v) is 3.86. The summed E-state index contributed by atoms with van der Waals surface area (Å²) in [5, 5.41) is 0. The molecule has 0 spiro atoms. The molecule has 1 aliphatic rings. The van der Waals surface area contributed by atoms with Gasteiger partial charge in [0.1, 0.15) is 17.0 Å². The second-order valence-corrected chi connectivity index (χ2v) is 7.62. The van der Waals surface area contributed by atoms with Gasteiger partial charge in [0.25, 0.3) is 10.0 Å². The SMILES string of the molecule is COC(=O)c1ccc(OC)c(CN2C=NS(=O)(=O)c3ccc(C(F)(F)F)cc32)c1. The number of benzene rings is 2. The van der Waals surface area contributed by atoms with Crippen LogP contribution in [0, 0.1) is 0 Å². The lowest BCUT2D eigenvalue weighted by Gasteiger charge is -2.26. The van der Waals surface area contributed by atoms with Crippen LogP contribution in [0.15, 0.2) is 45.7 Å².